The third kappa shape index (κ3) is 4.34. The fourth-order valence-corrected chi connectivity index (χ4v) is 3.24. The molecule has 1 unspecified atom stereocenters. The number of rotatable bonds is 6. The smallest absolute Gasteiger partial charge is 0.360 e. The number of hydrogen-bond acceptors (Lipinski definition) is 6. The van der Waals surface area contributed by atoms with Crippen molar-refractivity contribution in [3.8, 4) is 5.75 Å². The predicted octanol–water partition coefficient (Wildman–Crippen LogP) is 3.47. The van der Waals surface area contributed by atoms with E-state index in [4.69, 9.17) is 9.47 Å². The highest BCUT2D eigenvalue weighted by molar-refractivity contribution is 6.04. The van der Waals surface area contributed by atoms with Crippen LogP contribution in [0.15, 0.2) is 83.7 Å². The van der Waals surface area contributed by atoms with E-state index in [1.807, 2.05) is 0 Å². The van der Waals surface area contributed by atoms with E-state index < -0.39 is 23.5 Å². The van der Waals surface area contributed by atoms with Crippen molar-refractivity contribution in [1.29, 1.82) is 0 Å². The molecule has 1 amide bonds. The van der Waals surface area contributed by atoms with Crippen LogP contribution in [0.1, 0.15) is 22.2 Å². The van der Waals surface area contributed by atoms with Crippen molar-refractivity contribution in [2.45, 2.75) is 6.10 Å². The Morgan fingerprint density at radius 2 is 1.66 bits per heavy atom. The van der Waals surface area contributed by atoms with Crippen molar-refractivity contribution in [3.63, 3.8) is 0 Å². The molecule has 1 heterocycles. The van der Waals surface area contributed by atoms with Crippen molar-refractivity contribution in [3.05, 3.63) is 100 Å². The summed E-state index contributed by atoms with van der Waals surface area (Å²) in [6.07, 6.45) is -1.25. The summed E-state index contributed by atoms with van der Waals surface area (Å²) in [6, 6.07) is 22.0. The fraction of sp³-hybridized carbons (Fsp3) is 0.0833. The molecule has 1 atom stereocenters. The second-order valence-corrected chi connectivity index (χ2v) is 6.86. The lowest BCUT2D eigenvalue weighted by atomic mass is 10.1. The lowest BCUT2D eigenvalue weighted by Crippen LogP contribution is -2.27. The van der Waals surface area contributed by atoms with E-state index in [-0.39, 0.29) is 5.69 Å². The van der Waals surface area contributed by atoms with Gasteiger partial charge >= 0.3 is 5.97 Å². The lowest BCUT2D eigenvalue weighted by molar-refractivity contribution is -0.125. The molecule has 32 heavy (non-hydrogen) atoms. The molecule has 8 nitrogen and oxygen atoms in total. The van der Waals surface area contributed by atoms with Crippen molar-refractivity contribution < 1.29 is 19.1 Å². The molecule has 160 valence electrons. The predicted molar refractivity (Wildman–Crippen MR) is 119 cm³/mol. The maximum Gasteiger partial charge on any atom is 0.360 e. The Morgan fingerprint density at radius 1 is 0.938 bits per heavy atom. The third-order valence-corrected chi connectivity index (χ3v) is 4.79. The van der Waals surface area contributed by atoms with Crippen LogP contribution in [0.25, 0.3) is 10.8 Å². The molecule has 0 aliphatic heterocycles. The van der Waals surface area contributed by atoms with E-state index in [1.54, 1.807) is 78.9 Å². The summed E-state index contributed by atoms with van der Waals surface area (Å²) in [5.74, 6) is -0.821. The SMILES string of the molecule is COc1cccc(NC(=O)C(OC(=O)c2n[nH]c(=O)c3ccccc23)c2ccccc2)c1. The summed E-state index contributed by atoms with van der Waals surface area (Å²) < 4.78 is 10.8. The monoisotopic (exact) mass is 429 g/mol. The normalized spacial score (nSPS) is 11.5. The molecule has 1 aromatic heterocycles. The number of aromatic nitrogens is 2. The first-order chi connectivity index (χ1) is 15.6. The molecule has 2 N–H and O–H groups in total. The number of esters is 1. The molecule has 0 aliphatic carbocycles. The largest absolute Gasteiger partial charge is 0.497 e. The van der Waals surface area contributed by atoms with Crippen molar-refractivity contribution in [2.75, 3.05) is 12.4 Å². The zero-order valence-electron chi connectivity index (χ0n) is 17.1. The fourth-order valence-electron chi connectivity index (χ4n) is 3.24. The maximum absolute atomic E-state index is 13.1. The molecule has 0 radical (unpaired) electrons. The highest BCUT2D eigenvalue weighted by atomic mass is 16.5. The van der Waals surface area contributed by atoms with Crippen molar-refractivity contribution in [1.82, 2.24) is 10.2 Å². The van der Waals surface area contributed by atoms with Gasteiger partial charge in [-0.3, -0.25) is 9.59 Å². The van der Waals surface area contributed by atoms with Crippen LogP contribution in [0.2, 0.25) is 0 Å². The molecule has 0 aliphatic rings. The molecule has 0 saturated heterocycles. The molecule has 4 aromatic rings. The number of carbonyl (C=O) groups is 2. The van der Waals surface area contributed by atoms with Crippen LogP contribution in [-0.2, 0) is 9.53 Å². The maximum atomic E-state index is 13.1. The summed E-state index contributed by atoms with van der Waals surface area (Å²) >= 11 is 0. The van der Waals surface area contributed by atoms with Crippen LogP contribution < -0.4 is 15.6 Å². The Hall–Kier alpha value is -4.46. The molecule has 0 saturated carbocycles. The van der Waals surface area contributed by atoms with E-state index in [0.717, 1.165) is 0 Å². The molecule has 8 heteroatoms. The number of hydrogen-bond donors (Lipinski definition) is 2. The number of nitrogens with one attached hydrogen (secondary N) is 2. The molecule has 4 rings (SSSR count). The minimum absolute atomic E-state index is 0.0877. The van der Waals surface area contributed by atoms with Gasteiger partial charge in [-0.15, -0.1) is 0 Å². The van der Waals surface area contributed by atoms with Gasteiger partial charge in [-0.05, 0) is 18.2 Å². The van der Waals surface area contributed by atoms with Crippen LogP contribution in [0.4, 0.5) is 5.69 Å². The number of amides is 1. The van der Waals surface area contributed by atoms with Gasteiger partial charge in [-0.25, -0.2) is 9.89 Å². The summed E-state index contributed by atoms with van der Waals surface area (Å²) in [4.78, 5) is 38.1. The van der Waals surface area contributed by atoms with Gasteiger partial charge in [0.25, 0.3) is 11.5 Å². The number of nitrogens with zero attached hydrogens (tertiary/aromatic N) is 1. The second kappa shape index (κ2) is 9.13. The number of ether oxygens (including phenoxy) is 2. The molecule has 3 aromatic carbocycles. The lowest BCUT2D eigenvalue weighted by Gasteiger charge is -2.18. The second-order valence-electron chi connectivity index (χ2n) is 6.86. The topological polar surface area (TPSA) is 110 Å². The Morgan fingerprint density at radius 3 is 2.41 bits per heavy atom. The summed E-state index contributed by atoms with van der Waals surface area (Å²) in [7, 11) is 1.52. The Bertz CT molecular complexity index is 1330. The van der Waals surface area contributed by atoms with Crippen LogP contribution in [0.3, 0.4) is 0 Å². The van der Waals surface area contributed by atoms with E-state index in [1.165, 1.54) is 7.11 Å². The average Bonchev–Trinajstić information content (AvgIpc) is 2.83. The molecular formula is C24H19N3O5. The number of anilines is 1. The number of H-pyrrole nitrogens is 1. The van der Waals surface area contributed by atoms with Crippen LogP contribution in [0, 0.1) is 0 Å². The number of carbonyl (C=O) groups excluding carboxylic acids is 2. The van der Waals surface area contributed by atoms with Gasteiger partial charge in [0.2, 0.25) is 6.10 Å². The first-order valence-corrected chi connectivity index (χ1v) is 9.75. The van der Waals surface area contributed by atoms with E-state index in [2.05, 4.69) is 15.5 Å². The summed E-state index contributed by atoms with van der Waals surface area (Å²) in [6.45, 7) is 0. The van der Waals surface area contributed by atoms with E-state index >= 15 is 0 Å². The zero-order valence-corrected chi connectivity index (χ0v) is 17.1. The average molecular weight is 429 g/mol. The highest BCUT2D eigenvalue weighted by Crippen LogP contribution is 2.24. The number of methoxy groups -OCH3 is 1. The summed E-state index contributed by atoms with van der Waals surface area (Å²) in [5, 5.41) is 9.53. The van der Waals surface area contributed by atoms with Gasteiger partial charge in [-0.1, -0.05) is 54.6 Å². The van der Waals surface area contributed by atoms with Gasteiger partial charge in [0, 0.05) is 22.7 Å². The number of fused-ring (bicyclic) bond motifs is 1. The molecule has 0 fully saturated rings. The first kappa shape index (κ1) is 20.8. The minimum atomic E-state index is -1.25. The molecule has 0 bridgehead atoms. The Balaban J connectivity index is 1.66. The number of benzene rings is 3. The van der Waals surface area contributed by atoms with Crippen LogP contribution >= 0.6 is 0 Å². The van der Waals surface area contributed by atoms with Crippen molar-refractivity contribution in [2.24, 2.45) is 0 Å². The summed E-state index contributed by atoms with van der Waals surface area (Å²) in [5.41, 5.74) is 0.455. The Labute approximate surface area is 182 Å². The molecular weight excluding hydrogens is 410 g/mol. The standard InChI is InChI=1S/C24H19N3O5/c1-31-17-11-7-10-16(14-17)25-23(29)21(15-8-3-2-4-9-15)32-24(30)20-18-12-5-6-13-19(18)22(28)27-26-20/h2-14,21H,1H3,(H,25,29)(H,27,28). The van der Waals surface area contributed by atoms with Crippen LogP contribution in [-0.4, -0.2) is 29.2 Å². The zero-order chi connectivity index (χ0) is 22.5. The van der Waals surface area contributed by atoms with Gasteiger partial charge in [0.05, 0.1) is 12.5 Å². The third-order valence-electron chi connectivity index (χ3n) is 4.79. The van der Waals surface area contributed by atoms with E-state index in [0.29, 0.717) is 27.8 Å². The number of aromatic amines is 1. The molecule has 0 spiro atoms. The van der Waals surface area contributed by atoms with E-state index in [9.17, 15) is 14.4 Å². The first-order valence-electron chi connectivity index (χ1n) is 9.75. The van der Waals surface area contributed by atoms with Gasteiger partial charge in [0.1, 0.15) is 5.75 Å². The quantitative estimate of drug-likeness (QED) is 0.454. The highest BCUT2D eigenvalue weighted by Gasteiger charge is 2.27. The van der Waals surface area contributed by atoms with Gasteiger partial charge < -0.3 is 14.8 Å². The minimum Gasteiger partial charge on any atom is -0.497 e. The van der Waals surface area contributed by atoms with Gasteiger partial charge in [0.15, 0.2) is 5.69 Å². The van der Waals surface area contributed by atoms with Crippen molar-refractivity contribution >= 4 is 28.3 Å². The Kier molecular flexibility index (Phi) is 5.94. The van der Waals surface area contributed by atoms with Crippen LogP contribution in [0.5, 0.6) is 5.75 Å². The van der Waals surface area contributed by atoms with Gasteiger partial charge in [-0.2, -0.15) is 5.10 Å².